The van der Waals surface area contributed by atoms with E-state index in [1.165, 1.54) is 28.0 Å². The van der Waals surface area contributed by atoms with E-state index in [9.17, 15) is 14.9 Å². The number of carbonyl (C=O) groups is 2. The maximum atomic E-state index is 12.6. The van der Waals surface area contributed by atoms with Gasteiger partial charge in [-0.05, 0) is 62.4 Å². The van der Waals surface area contributed by atoms with Gasteiger partial charge in [-0.2, -0.15) is 5.26 Å². The molecule has 1 atom stereocenters. The van der Waals surface area contributed by atoms with Crippen molar-refractivity contribution >= 4 is 51.5 Å². The minimum Gasteiger partial charge on any atom is -0.342 e. The molecule has 3 aromatic rings. The van der Waals surface area contributed by atoms with Gasteiger partial charge in [-0.1, -0.05) is 23.4 Å². The molecule has 0 saturated heterocycles. The Morgan fingerprint density at radius 1 is 1.26 bits per heavy atom. The fourth-order valence-electron chi connectivity index (χ4n) is 3.84. The number of aromatic nitrogens is 3. The molecular weight excluding hydrogens is 492 g/mol. The first-order valence-electron chi connectivity index (χ1n) is 10.8. The Labute approximate surface area is 210 Å². The molecule has 8 nitrogen and oxygen atoms in total. The molecule has 0 radical (unpaired) electrons. The Morgan fingerprint density at radius 2 is 2.00 bits per heavy atom. The minimum atomic E-state index is -0.389. The first kappa shape index (κ1) is 24.3. The van der Waals surface area contributed by atoms with Gasteiger partial charge < -0.3 is 15.2 Å². The van der Waals surface area contributed by atoms with Crippen molar-refractivity contribution < 1.29 is 9.59 Å². The number of rotatable bonds is 7. The van der Waals surface area contributed by atoms with Gasteiger partial charge in [0, 0.05) is 22.5 Å². The minimum absolute atomic E-state index is 0.130. The van der Waals surface area contributed by atoms with Gasteiger partial charge in [0.1, 0.15) is 11.1 Å². The molecule has 1 aromatic carbocycles. The second kappa shape index (κ2) is 10.6. The molecule has 0 unspecified atom stereocenters. The Morgan fingerprint density at radius 3 is 2.74 bits per heavy atom. The van der Waals surface area contributed by atoms with Gasteiger partial charge in [0.2, 0.25) is 5.91 Å². The first-order chi connectivity index (χ1) is 16.4. The Balaban J connectivity index is 1.36. The highest BCUT2D eigenvalue weighted by molar-refractivity contribution is 7.99. The summed E-state index contributed by atoms with van der Waals surface area (Å²) in [6, 6.07) is 8.50. The highest BCUT2D eigenvalue weighted by Crippen LogP contribution is 2.37. The van der Waals surface area contributed by atoms with Gasteiger partial charge in [0.05, 0.1) is 17.4 Å². The molecule has 2 amide bonds. The molecule has 0 saturated carbocycles. The summed E-state index contributed by atoms with van der Waals surface area (Å²) >= 11 is 8.64. The summed E-state index contributed by atoms with van der Waals surface area (Å²) in [4.78, 5) is 26.3. The SMILES string of the molecule is C[C@H](NC(=O)c1ccc(Cl)cc1)c1nnc(SCC(=O)Nc2sc3c(c2C#N)CCCC3)n1C. The third-order valence-corrected chi connectivity index (χ3v) is 8.06. The monoisotopic (exact) mass is 514 g/mol. The van der Waals surface area contributed by atoms with Crippen LogP contribution in [0.25, 0.3) is 0 Å². The van der Waals surface area contributed by atoms with E-state index >= 15 is 0 Å². The van der Waals surface area contributed by atoms with Crippen LogP contribution in [-0.4, -0.2) is 32.3 Å². The van der Waals surface area contributed by atoms with Crippen LogP contribution in [0.5, 0.6) is 0 Å². The van der Waals surface area contributed by atoms with Crippen LogP contribution < -0.4 is 10.6 Å². The number of carbonyl (C=O) groups excluding carboxylic acids is 2. The molecular formula is C23H23ClN6O2S2. The lowest BCUT2D eigenvalue weighted by molar-refractivity contribution is -0.113. The van der Waals surface area contributed by atoms with Crippen molar-refractivity contribution in [1.82, 2.24) is 20.1 Å². The topological polar surface area (TPSA) is 113 Å². The van der Waals surface area contributed by atoms with E-state index in [2.05, 4.69) is 26.9 Å². The van der Waals surface area contributed by atoms with Gasteiger partial charge in [-0.25, -0.2) is 0 Å². The number of nitrogens with one attached hydrogen (secondary N) is 2. The third-order valence-electron chi connectivity index (χ3n) is 5.58. The van der Waals surface area contributed by atoms with E-state index in [4.69, 9.17) is 11.6 Å². The molecule has 11 heteroatoms. The maximum absolute atomic E-state index is 12.6. The summed E-state index contributed by atoms with van der Waals surface area (Å²) in [5.41, 5.74) is 2.19. The predicted molar refractivity (Wildman–Crippen MR) is 133 cm³/mol. The summed E-state index contributed by atoms with van der Waals surface area (Å²) < 4.78 is 1.76. The molecule has 2 aromatic heterocycles. The fourth-order valence-corrected chi connectivity index (χ4v) is 5.94. The second-order valence-corrected chi connectivity index (χ2v) is 10.4. The van der Waals surface area contributed by atoms with Crippen LogP contribution in [0, 0.1) is 11.3 Å². The van der Waals surface area contributed by atoms with Gasteiger partial charge in [0.25, 0.3) is 5.91 Å². The molecule has 2 heterocycles. The Kier molecular flexibility index (Phi) is 7.56. The van der Waals surface area contributed by atoms with Gasteiger partial charge in [-0.3, -0.25) is 9.59 Å². The van der Waals surface area contributed by atoms with Crippen LogP contribution in [0.15, 0.2) is 29.4 Å². The summed E-state index contributed by atoms with van der Waals surface area (Å²) in [6.07, 6.45) is 4.06. The number of hydrogen-bond donors (Lipinski definition) is 2. The number of fused-ring (bicyclic) bond motifs is 1. The quantitative estimate of drug-likeness (QED) is 0.449. The third kappa shape index (κ3) is 5.27. The van der Waals surface area contributed by atoms with Crippen LogP contribution in [0.4, 0.5) is 5.00 Å². The standard InChI is InChI=1S/C23H23ClN6O2S2/c1-13(26-21(32)14-7-9-15(24)10-8-14)20-28-29-23(30(20)2)33-12-19(31)27-22-17(11-25)16-5-3-4-6-18(16)34-22/h7-10,13H,3-6,12H2,1-2H3,(H,26,32)(H,27,31)/t13-/m0/s1. The average Bonchev–Trinajstić information content (AvgIpc) is 3.37. The smallest absolute Gasteiger partial charge is 0.251 e. The van der Waals surface area contributed by atoms with Crippen molar-refractivity contribution in [1.29, 1.82) is 5.26 Å². The van der Waals surface area contributed by atoms with Gasteiger partial charge in [0.15, 0.2) is 11.0 Å². The van der Waals surface area contributed by atoms with E-state index in [1.807, 2.05) is 6.92 Å². The fraction of sp³-hybridized carbons (Fsp3) is 0.348. The van der Waals surface area contributed by atoms with Crippen molar-refractivity contribution in [2.75, 3.05) is 11.1 Å². The van der Waals surface area contributed by atoms with Crippen molar-refractivity contribution in [3.8, 4) is 6.07 Å². The Hall–Kier alpha value is -2.87. The van der Waals surface area contributed by atoms with Crippen molar-refractivity contribution in [2.24, 2.45) is 7.05 Å². The van der Waals surface area contributed by atoms with Crippen LogP contribution in [0.1, 0.15) is 58.0 Å². The zero-order chi connectivity index (χ0) is 24.2. The van der Waals surface area contributed by atoms with Crippen LogP contribution in [0.3, 0.4) is 0 Å². The summed E-state index contributed by atoms with van der Waals surface area (Å²) in [6.45, 7) is 1.82. The highest BCUT2D eigenvalue weighted by Gasteiger charge is 2.23. The molecule has 0 bridgehead atoms. The summed E-state index contributed by atoms with van der Waals surface area (Å²) in [5.74, 6) is 0.259. The van der Waals surface area contributed by atoms with Crippen molar-refractivity contribution in [2.45, 2.75) is 43.8 Å². The number of nitriles is 1. The number of amides is 2. The largest absolute Gasteiger partial charge is 0.342 e. The maximum Gasteiger partial charge on any atom is 0.251 e. The van der Waals surface area contributed by atoms with Crippen molar-refractivity contribution in [3.05, 3.63) is 56.7 Å². The van der Waals surface area contributed by atoms with Crippen LogP contribution >= 0.6 is 34.7 Å². The normalized spacial score (nSPS) is 13.6. The first-order valence-corrected chi connectivity index (χ1v) is 13.0. The summed E-state index contributed by atoms with van der Waals surface area (Å²) in [5, 5.41) is 25.5. The second-order valence-electron chi connectivity index (χ2n) is 7.97. The van der Waals surface area contributed by atoms with E-state index in [0.717, 1.165) is 31.2 Å². The number of thioether (sulfide) groups is 1. The molecule has 0 fully saturated rings. The van der Waals surface area contributed by atoms with Crippen LogP contribution in [0.2, 0.25) is 5.02 Å². The number of hydrogen-bond acceptors (Lipinski definition) is 7. The Bertz CT molecular complexity index is 1260. The lowest BCUT2D eigenvalue weighted by atomic mass is 9.96. The lowest BCUT2D eigenvalue weighted by Crippen LogP contribution is -2.28. The number of thiophene rings is 1. The molecule has 4 rings (SSSR count). The zero-order valence-corrected chi connectivity index (χ0v) is 21.1. The zero-order valence-electron chi connectivity index (χ0n) is 18.7. The van der Waals surface area contributed by atoms with Gasteiger partial charge in [-0.15, -0.1) is 21.5 Å². The van der Waals surface area contributed by atoms with E-state index < -0.39 is 0 Å². The predicted octanol–water partition coefficient (Wildman–Crippen LogP) is 4.50. The molecule has 1 aliphatic carbocycles. The molecule has 1 aliphatic rings. The van der Waals surface area contributed by atoms with E-state index in [1.54, 1.807) is 35.9 Å². The molecule has 0 aliphatic heterocycles. The highest BCUT2D eigenvalue weighted by atomic mass is 35.5. The van der Waals surface area contributed by atoms with E-state index in [-0.39, 0.29) is 23.6 Å². The lowest BCUT2D eigenvalue weighted by Gasteiger charge is -2.13. The molecule has 2 N–H and O–H groups in total. The number of aryl methyl sites for hydroxylation is 1. The number of anilines is 1. The van der Waals surface area contributed by atoms with Gasteiger partial charge >= 0.3 is 0 Å². The molecule has 0 spiro atoms. The number of benzene rings is 1. The summed E-state index contributed by atoms with van der Waals surface area (Å²) in [7, 11) is 1.79. The number of halogens is 1. The van der Waals surface area contributed by atoms with E-state index in [0.29, 0.717) is 32.1 Å². The van der Waals surface area contributed by atoms with Crippen LogP contribution in [-0.2, 0) is 24.7 Å². The molecule has 34 heavy (non-hydrogen) atoms. The number of nitrogens with zero attached hydrogens (tertiary/aromatic N) is 4. The molecule has 176 valence electrons. The van der Waals surface area contributed by atoms with Crippen molar-refractivity contribution in [3.63, 3.8) is 0 Å². The average molecular weight is 515 g/mol.